The van der Waals surface area contributed by atoms with Gasteiger partial charge in [-0.25, -0.2) is 23.5 Å². The number of fused-ring (bicyclic) bond motifs is 1. The van der Waals surface area contributed by atoms with Gasteiger partial charge in [-0.15, -0.1) is 0 Å². The Kier molecular flexibility index (Phi) is 4.95. The van der Waals surface area contributed by atoms with Crippen molar-refractivity contribution < 1.29 is 8.95 Å². The second-order valence-corrected chi connectivity index (χ2v) is 12.5. The molecule has 0 radical (unpaired) electrons. The summed E-state index contributed by atoms with van der Waals surface area (Å²) >= 11 is 0. The molecule has 8 nitrogen and oxygen atoms in total. The molecule has 3 aromatic rings. The predicted molar refractivity (Wildman–Crippen MR) is 130 cm³/mol. The largest absolute Gasteiger partial charge is 0.377 e. The molecule has 2 saturated heterocycles. The standard InChI is InChI=1S/C24H30N6O2S/c1-16-15-32-12-11-30(16)21-14-20(24(2)8-3-13-33(24,31)29-17-4-5-17)27-23(28-21)19-7-10-26-22-18(19)6-9-25-22/h6-7,9-10,14,16-17H,3-5,8,11-13,15H2,1-2H3,(H,25,26)/t16-,24-,33?/m1/s1. The Bertz CT molecular complexity index is 1330. The van der Waals surface area contributed by atoms with Crippen molar-refractivity contribution in [3.8, 4) is 11.4 Å². The van der Waals surface area contributed by atoms with Gasteiger partial charge in [-0.2, -0.15) is 0 Å². The van der Waals surface area contributed by atoms with Crippen LogP contribution in [0.2, 0.25) is 0 Å². The lowest BCUT2D eigenvalue weighted by molar-refractivity contribution is 0.0985. The number of H-pyrrole nitrogens is 1. The summed E-state index contributed by atoms with van der Waals surface area (Å²) in [4.78, 5) is 20.0. The Morgan fingerprint density at radius 1 is 1.30 bits per heavy atom. The van der Waals surface area contributed by atoms with Crippen molar-refractivity contribution in [3.63, 3.8) is 0 Å². The molecule has 3 atom stereocenters. The maximum absolute atomic E-state index is 14.2. The lowest BCUT2D eigenvalue weighted by atomic mass is 10.0. The number of nitrogens with one attached hydrogen (secondary N) is 1. The van der Waals surface area contributed by atoms with E-state index in [9.17, 15) is 4.21 Å². The number of anilines is 1. The molecule has 5 heterocycles. The molecule has 0 bridgehead atoms. The fourth-order valence-corrected chi connectivity index (χ4v) is 7.98. The molecule has 3 aromatic heterocycles. The zero-order valence-electron chi connectivity index (χ0n) is 19.2. The summed E-state index contributed by atoms with van der Waals surface area (Å²) in [6.45, 7) is 6.36. The van der Waals surface area contributed by atoms with Crippen LogP contribution >= 0.6 is 0 Å². The number of hydrogen-bond donors (Lipinski definition) is 1. The van der Waals surface area contributed by atoms with Crippen LogP contribution in [0.1, 0.15) is 45.2 Å². The van der Waals surface area contributed by atoms with Crippen molar-refractivity contribution in [3.05, 3.63) is 36.3 Å². The average Bonchev–Trinajstić information content (AvgIpc) is 3.39. The number of ether oxygens (including phenoxy) is 1. The molecule has 2 aliphatic heterocycles. The molecule has 0 aromatic carbocycles. The highest BCUT2D eigenvalue weighted by molar-refractivity contribution is 7.94. The molecule has 1 aliphatic carbocycles. The van der Waals surface area contributed by atoms with Crippen LogP contribution in [-0.4, -0.2) is 61.7 Å². The molecule has 0 amide bonds. The van der Waals surface area contributed by atoms with E-state index in [1.165, 1.54) is 0 Å². The lowest BCUT2D eigenvalue weighted by Gasteiger charge is -2.35. The van der Waals surface area contributed by atoms with Gasteiger partial charge in [0.2, 0.25) is 0 Å². The van der Waals surface area contributed by atoms with E-state index < -0.39 is 14.5 Å². The highest BCUT2D eigenvalue weighted by atomic mass is 32.2. The lowest BCUT2D eigenvalue weighted by Crippen LogP contribution is -2.44. The number of aromatic amines is 1. The summed E-state index contributed by atoms with van der Waals surface area (Å²) in [5.41, 5.74) is 2.58. The molecule has 6 rings (SSSR count). The van der Waals surface area contributed by atoms with Crippen LogP contribution < -0.4 is 4.90 Å². The van der Waals surface area contributed by atoms with E-state index in [1.807, 2.05) is 18.3 Å². The molecule has 3 aliphatic rings. The summed E-state index contributed by atoms with van der Waals surface area (Å²) in [6.07, 6.45) is 7.51. The monoisotopic (exact) mass is 466 g/mol. The van der Waals surface area contributed by atoms with Gasteiger partial charge in [0.25, 0.3) is 0 Å². The number of pyridine rings is 1. The van der Waals surface area contributed by atoms with Crippen LogP contribution in [-0.2, 0) is 19.2 Å². The normalized spacial score (nSPS) is 30.1. The zero-order valence-corrected chi connectivity index (χ0v) is 20.0. The molecule has 0 spiro atoms. The molecule has 1 N–H and O–H groups in total. The van der Waals surface area contributed by atoms with E-state index >= 15 is 0 Å². The number of nitrogens with zero attached hydrogens (tertiary/aromatic N) is 5. The molecule has 1 saturated carbocycles. The summed E-state index contributed by atoms with van der Waals surface area (Å²) in [5.74, 6) is 2.17. The zero-order chi connectivity index (χ0) is 22.6. The Labute approximate surface area is 194 Å². The third kappa shape index (κ3) is 3.52. The molecule has 33 heavy (non-hydrogen) atoms. The fraction of sp³-hybridized carbons (Fsp3) is 0.542. The molecule has 3 fully saturated rings. The van der Waals surface area contributed by atoms with E-state index in [2.05, 4.69) is 34.8 Å². The van der Waals surface area contributed by atoms with Crippen LogP contribution in [0.25, 0.3) is 22.4 Å². The maximum Gasteiger partial charge on any atom is 0.162 e. The van der Waals surface area contributed by atoms with Crippen molar-refractivity contribution in [2.45, 2.75) is 56.4 Å². The van der Waals surface area contributed by atoms with Crippen LogP contribution in [0, 0.1) is 0 Å². The van der Waals surface area contributed by atoms with Gasteiger partial charge in [0.1, 0.15) is 11.5 Å². The van der Waals surface area contributed by atoms with Crippen molar-refractivity contribution in [1.29, 1.82) is 0 Å². The Morgan fingerprint density at radius 2 is 2.18 bits per heavy atom. The van der Waals surface area contributed by atoms with Crippen LogP contribution in [0.15, 0.2) is 35.0 Å². The number of hydrogen-bond acceptors (Lipinski definition) is 7. The van der Waals surface area contributed by atoms with Crippen molar-refractivity contribution in [2.24, 2.45) is 4.36 Å². The van der Waals surface area contributed by atoms with Gasteiger partial charge in [0.15, 0.2) is 5.82 Å². The van der Waals surface area contributed by atoms with Crippen molar-refractivity contribution in [1.82, 2.24) is 19.9 Å². The van der Waals surface area contributed by atoms with Gasteiger partial charge < -0.3 is 14.6 Å². The first-order valence-electron chi connectivity index (χ1n) is 11.9. The number of morpholine rings is 1. The second-order valence-electron chi connectivity index (χ2n) is 9.67. The second kappa shape index (κ2) is 7.77. The third-order valence-electron chi connectivity index (χ3n) is 7.26. The first-order valence-corrected chi connectivity index (χ1v) is 13.6. The molecule has 9 heteroatoms. The summed E-state index contributed by atoms with van der Waals surface area (Å²) in [5, 5.41) is 0.982. The summed E-state index contributed by atoms with van der Waals surface area (Å²) < 4.78 is 24.1. The SMILES string of the molecule is C[C@@H]1COCCN1c1cc([C@@]2(C)CCCS2(=O)=NC2CC2)nc(-c2ccnc3[nH]ccc23)n1. The molecule has 174 valence electrons. The van der Waals surface area contributed by atoms with E-state index in [1.54, 1.807) is 6.20 Å². The van der Waals surface area contributed by atoms with Crippen molar-refractivity contribution >= 4 is 26.6 Å². The highest BCUT2D eigenvalue weighted by Gasteiger charge is 2.46. The van der Waals surface area contributed by atoms with E-state index in [-0.39, 0.29) is 12.1 Å². The first-order chi connectivity index (χ1) is 16.0. The minimum atomic E-state index is -2.40. The van der Waals surface area contributed by atoms with Crippen molar-refractivity contribution in [2.75, 3.05) is 30.4 Å². The first kappa shape index (κ1) is 21.0. The minimum absolute atomic E-state index is 0.205. The summed E-state index contributed by atoms with van der Waals surface area (Å²) in [7, 11) is -2.40. The number of aromatic nitrogens is 4. The predicted octanol–water partition coefficient (Wildman–Crippen LogP) is 3.88. The minimum Gasteiger partial charge on any atom is -0.377 e. The van der Waals surface area contributed by atoms with Gasteiger partial charge in [0.05, 0.1) is 45.5 Å². The van der Waals surface area contributed by atoms with Crippen LogP contribution in [0.3, 0.4) is 0 Å². The van der Waals surface area contributed by atoms with Gasteiger partial charge in [-0.3, -0.25) is 0 Å². The molecular weight excluding hydrogens is 436 g/mol. The Morgan fingerprint density at radius 3 is 3.00 bits per heavy atom. The van der Waals surface area contributed by atoms with E-state index in [0.29, 0.717) is 24.8 Å². The Balaban J connectivity index is 1.55. The third-order valence-corrected chi connectivity index (χ3v) is 10.6. The van der Waals surface area contributed by atoms with Gasteiger partial charge in [-0.1, -0.05) is 0 Å². The summed E-state index contributed by atoms with van der Waals surface area (Å²) in [6, 6.07) is 6.50. The number of rotatable bonds is 4. The highest BCUT2D eigenvalue weighted by Crippen LogP contribution is 2.45. The van der Waals surface area contributed by atoms with E-state index in [0.717, 1.165) is 60.3 Å². The maximum atomic E-state index is 14.2. The average molecular weight is 467 g/mol. The van der Waals surface area contributed by atoms with E-state index in [4.69, 9.17) is 19.1 Å². The topological polar surface area (TPSA) is 96.4 Å². The van der Waals surface area contributed by atoms with Crippen LogP contribution in [0.4, 0.5) is 5.82 Å². The van der Waals surface area contributed by atoms with Gasteiger partial charge >= 0.3 is 0 Å². The molecule has 1 unspecified atom stereocenters. The Hall–Kier alpha value is -2.52. The smallest absolute Gasteiger partial charge is 0.162 e. The fourth-order valence-electron chi connectivity index (χ4n) is 5.07. The van der Waals surface area contributed by atoms with Gasteiger partial charge in [0, 0.05) is 41.7 Å². The van der Waals surface area contributed by atoms with Gasteiger partial charge in [-0.05, 0) is 51.7 Å². The van der Waals surface area contributed by atoms with Crippen LogP contribution in [0.5, 0.6) is 0 Å². The molecular formula is C24H30N6O2S. The quantitative estimate of drug-likeness (QED) is 0.627.